The quantitative estimate of drug-likeness (QED) is 0.0309. The number of carbonyl (C=O) groups excluding carboxylic acids is 1. The minimum Gasteiger partial charge on any atom is -0.465 e. The van der Waals surface area contributed by atoms with Crippen molar-refractivity contribution in [1.29, 1.82) is 0 Å². The number of nitrogens with one attached hydrogen (secondary N) is 3. The number of anilines is 1. The number of unbranched alkanes of at least 4 members (excludes halogenated alkanes) is 1. The first-order valence-electron chi connectivity index (χ1n) is 18.4. The van der Waals surface area contributed by atoms with Gasteiger partial charge in [-0.25, -0.2) is 22.9 Å². The molecule has 6 rings (SSSR count). The fraction of sp³-hybridized carbons (Fsp3) is 0.325. The normalized spacial score (nSPS) is 14.0. The molecule has 13 nitrogen and oxygen atoms in total. The molecule has 1 fully saturated rings. The second-order valence-corrected chi connectivity index (χ2v) is 16.5. The van der Waals surface area contributed by atoms with Crippen LogP contribution in [0.3, 0.4) is 0 Å². The van der Waals surface area contributed by atoms with Crippen LogP contribution in [-0.4, -0.2) is 58.3 Å². The Morgan fingerprint density at radius 2 is 1.69 bits per heavy atom. The number of rotatable bonds is 17. The van der Waals surface area contributed by atoms with Gasteiger partial charge in [-0.05, 0) is 97.7 Å². The van der Waals surface area contributed by atoms with E-state index in [1.807, 2.05) is 53.5 Å². The number of benzene rings is 4. The molecule has 0 radical (unpaired) electrons. The highest BCUT2D eigenvalue weighted by Gasteiger charge is 2.25. The summed E-state index contributed by atoms with van der Waals surface area (Å²) in [6, 6.07) is 25.5. The lowest BCUT2D eigenvalue weighted by atomic mass is 9.89. The SMILES string of the molecule is O=C(O)NCCCC[C@H](CSc1ccccc1)Nc1ccc(S(=O)(=O)NC(=O)c2ccc(-c3ccc4c(c3)ncn4CC3CCCCC3)cc2)cc1[N+](=O)[O-]. The van der Waals surface area contributed by atoms with E-state index in [0.29, 0.717) is 30.9 Å². The number of hydrogen-bond donors (Lipinski definition) is 4. The van der Waals surface area contributed by atoms with Gasteiger partial charge in [0, 0.05) is 41.4 Å². The number of amides is 2. The van der Waals surface area contributed by atoms with Crippen molar-refractivity contribution in [3.05, 3.63) is 113 Å². The molecule has 0 spiro atoms. The molecule has 15 heteroatoms. The number of nitro benzene ring substituents is 1. The van der Waals surface area contributed by atoms with E-state index in [-0.39, 0.29) is 23.8 Å². The number of hydrogen-bond acceptors (Lipinski definition) is 9. The van der Waals surface area contributed by atoms with Crippen LogP contribution in [0.2, 0.25) is 0 Å². The first-order valence-corrected chi connectivity index (χ1v) is 20.8. The smallest absolute Gasteiger partial charge is 0.404 e. The third-order valence-electron chi connectivity index (χ3n) is 9.79. The number of sulfonamides is 1. The Morgan fingerprint density at radius 3 is 2.42 bits per heavy atom. The van der Waals surface area contributed by atoms with E-state index in [1.165, 1.54) is 56.4 Å². The van der Waals surface area contributed by atoms with Crippen LogP contribution in [-0.2, 0) is 16.6 Å². The van der Waals surface area contributed by atoms with Gasteiger partial charge in [-0.2, -0.15) is 0 Å². The summed E-state index contributed by atoms with van der Waals surface area (Å²) < 4.78 is 30.9. The molecule has 0 aliphatic heterocycles. The molecule has 1 aliphatic carbocycles. The summed E-state index contributed by atoms with van der Waals surface area (Å²) in [5.74, 6) is 0.344. The summed E-state index contributed by atoms with van der Waals surface area (Å²) >= 11 is 1.56. The Hall–Kier alpha value is -5.41. The molecule has 55 heavy (non-hydrogen) atoms. The van der Waals surface area contributed by atoms with Crippen molar-refractivity contribution in [3.8, 4) is 11.1 Å². The predicted molar refractivity (Wildman–Crippen MR) is 214 cm³/mol. The van der Waals surface area contributed by atoms with Crippen LogP contribution in [0.1, 0.15) is 61.7 Å². The second kappa shape index (κ2) is 18.3. The Balaban J connectivity index is 1.11. The minimum absolute atomic E-state index is 0.107. The lowest BCUT2D eigenvalue weighted by Crippen LogP contribution is -2.30. The maximum absolute atomic E-state index is 13.3. The first kappa shape index (κ1) is 39.3. The van der Waals surface area contributed by atoms with E-state index in [9.17, 15) is 28.1 Å². The van der Waals surface area contributed by atoms with Crippen LogP contribution in [0.4, 0.5) is 16.2 Å². The van der Waals surface area contributed by atoms with Gasteiger partial charge < -0.3 is 20.3 Å². The number of carbonyl (C=O) groups is 2. The van der Waals surface area contributed by atoms with Crippen LogP contribution >= 0.6 is 11.8 Å². The number of nitro groups is 1. The van der Waals surface area contributed by atoms with Gasteiger partial charge in [0.15, 0.2) is 0 Å². The number of imidazole rings is 1. The Kier molecular flexibility index (Phi) is 13.1. The van der Waals surface area contributed by atoms with Crippen LogP contribution in [0.15, 0.2) is 107 Å². The highest BCUT2D eigenvalue weighted by Crippen LogP contribution is 2.31. The van der Waals surface area contributed by atoms with Gasteiger partial charge in [0.05, 0.1) is 27.2 Å². The van der Waals surface area contributed by atoms with Crippen molar-refractivity contribution in [3.63, 3.8) is 0 Å². The molecule has 1 heterocycles. The third kappa shape index (κ3) is 10.6. The fourth-order valence-corrected chi connectivity index (χ4v) is 8.87. The molecule has 0 bridgehead atoms. The van der Waals surface area contributed by atoms with E-state index in [1.54, 1.807) is 23.9 Å². The molecular weight excluding hydrogens is 741 g/mol. The highest BCUT2D eigenvalue weighted by molar-refractivity contribution is 7.99. The largest absolute Gasteiger partial charge is 0.465 e. The number of nitrogens with zero attached hydrogens (tertiary/aromatic N) is 3. The van der Waals surface area contributed by atoms with E-state index >= 15 is 0 Å². The van der Waals surface area contributed by atoms with E-state index in [4.69, 9.17) is 5.11 Å². The summed E-state index contributed by atoms with van der Waals surface area (Å²) in [5, 5.41) is 26.6. The molecule has 1 aromatic heterocycles. The lowest BCUT2D eigenvalue weighted by molar-refractivity contribution is -0.384. The molecule has 4 aromatic carbocycles. The summed E-state index contributed by atoms with van der Waals surface area (Å²) in [6.07, 6.45) is 8.96. The molecule has 0 unspecified atom stereocenters. The van der Waals surface area contributed by atoms with Crippen molar-refractivity contribution in [2.24, 2.45) is 5.92 Å². The third-order valence-corrected chi connectivity index (χ3v) is 12.3. The molecule has 5 aromatic rings. The topological polar surface area (TPSA) is 186 Å². The Labute approximate surface area is 324 Å². The van der Waals surface area contributed by atoms with Gasteiger partial charge in [0.2, 0.25) is 0 Å². The van der Waals surface area contributed by atoms with Crippen LogP contribution in [0.25, 0.3) is 22.2 Å². The average molecular weight is 785 g/mol. The molecule has 1 saturated carbocycles. The maximum Gasteiger partial charge on any atom is 0.404 e. The summed E-state index contributed by atoms with van der Waals surface area (Å²) in [7, 11) is -4.48. The summed E-state index contributed by atoms with van der Waals surface area (Å²) in [6.45, 7) is 1.24. The standard InChI is InChI=1S/C40H44N6O7S2/c47-39(30-16-14-29(15-17-30)31-18-21-37-36(23-31)42-27-45(37)25-28-9-3-1-4-10-28)44-55(52,53)34-19-20-35(38(24-34)46(50)51)43-32(11-7-8-22-41-40(48)49)26-54-33-12-5-2-6-13-33/h2,5-6,12-21,23-24,27-28,32,41,43H,1,3-4,7-11,22,25-26H2,(H,44,47)(H,48,49)/t32-/m1/s1. The van der Waals surface area contributed by atoms with Crippen molar-refractivity contribution >= 4 is 56.2 Å². The van der Waals surface area contributed by atoms with Crippen molar-refractivity contribution in [2.75, 3.05) is 17.6 Å². The average Bonchev–Trinajstić information content (AvgIpc) is 3.58. The van der Waals surface area contributed by atoms with E-state index < -0.39 is 37.5 Å². The summed E-state index contributed by atoms with van der Waals surface area (Å²) in [4.78, 5) is 40.7. The number of aromatic nitrogens is 2. The zero-order chi connectivity index (χ0) is 38.8. The summed E-state index contributed by atoms with van der Waals surface area (Å²) in [5.41, 5.74) is 3.47. The maximum atomic E-state index is 13.3. The molecular formula is C40H44N6O7S2. The van der Waals surface area contributed by atoms with Gasteiger partial charge in [0.25, 0.3) is 21.6 Å². The monoisotopic (exact) mass is 784 g/mol. The second-order valence-electron chi connectivity index (χ2n) is 13.7. The van der Waals surface area contributed by atoms with Gasteiger partial charge >= 0.3 is 6.09 Å². The zero-order valence-electron chi connectivity index (χ0n) is 30.2. The van der Waals surface area contributed by atoms with Crippen LogP contribution < -0.4 is 15.4 Å². The molecule has 288 valence electrons. The van der Waals surface area contributed by atoms with Crippen LogP contribution in [0, 0.1) is 16.0 Å². The minimum atomic E-state index is -4.48. The Morgan fingerprint density at radius 1 is 0.945 bits per heavy atom. The molecule has 0 saturated heterocycles. The van der Waals surface area contributed by atoms with Crippen molar-refractivity contribution in [2.45, 2.75) is 73.7 Å². The van der Waals surface area contributed by atoms with Gasteiger partial charge in [-0.15, -0.1) is 11.8 Å². The Bertz CT molecular complexity index is 2220. The molecule has 1 atom stereocenters. The van der Waals surface area contributed by atoms with E-state index in [2.05, 4.69) is 26.3 Å². The number of carboxylic acid groups (broad SMARTS) is 1. The van der Waals surface area contributed by atoms with Crippen molar-refractivity contribution < 1.29 is 28.0 Å². The molecule has 2 amide bonds. The van der Waals surface area contributed by atoms with Crippen molar-refractivity contribution in [1.82, 2.24) is 19.6 Å². The molecule has 4 N–H and O–H groups in total. The zero-order valence-corrected chi connectivity index (χ0v) is 31.9. The number of fused-ring (bicyclic) bond motifs is 1. The lowest BCUT2D eigenvalue weighted by Gasteiger charge is -2.22. The molecule has 1 aliphatic rings. The van der Waals surface area contributed by atoms with Crippen LogP contribution in [0.5, 0.6) is 0 Å². The number of thioether (sulfide) groups is 1. The predicted octanol–water partition coefficient (Wildman–Crippen LogP) is 8.32. The fourth-order valence-electron chi connectivity index (χ4n) is 6.88. The first-order chi connectivity index (χ1) is 26.6. The van der Waals surface area contributed by atoms with Gasteiger partial charge in [0.1, 0.15) is 5.69 Å². The van der Waals surface area contributed by atoms with Gasteiger partial charge in [-0.3, -0.25) is 14.9 Å². The van der Waals surface area contributed by atoms with E-state index in [0.717, 1.165) is 39.7 Å². The highest BCUT2D eigenvalue weighted by atomic mass is 32.2. The van der Waals surface area contributed by atoms with Gasteiger partial charge in [-0.1, -0.05) is 55.7 Å².